The molecule has 18 heavy (non-hydrogen) atoms. The molecule has 1 heterocycles. The summed E-state index contributed by atoms with van der Waals surface area (Å²) in [6.45, 7) is 3.18. The largest absolute Gasteiger partial charge is 0.481 e. The fourth-order valence-corrected chi connectivity index (χ4v) is 3.10. The summed E-state index contributed by atoms with van der Waals surface area (Å²) in [5.74, 6) is -2.06. The highest BCUT2D eigenvalue weighted by Gasteiger charge is 2.54. The molecule has 1 saturated heterocycles. The van der Waals surface area contributed by atoms with Crippen LogP contribution in [-0.2, 0) is 14.4 Å². The van der Waals surface area contributed by atoms with Crippen LogP contribution in [0.25, 0.3) is 0 Å². The summed E-state index contributed by atoms with van der Waals surface area (Å²) < 4.78 is 0. The number of carboxylic acids is 1. The number of aliphatic carboxylic acids is 1. The van der Waals surface area contributed by atoms with Gasteiger partial charge in [0.05, 0.1) is 11.3 Å². The molecule has 0 aromatic heterocycles. The second-order valence-corrected chi connectivity index (χ2v) is 5.60. The smallest absolute Gasteiger partial charge is 0.308 e. The lowest BCUT2D eigenvalue weighted by Gasteiger charge is -2.28. The molecule has 0 radical (unpaired) electrons. The molecule has 2 aliphatic rings. The summed E-state index contributed by atoms with van der Waals surface area (Å²) in [4.78, 5) is 36.6. The van der Waals surface area contributed by atoms with E-state index in [-0.39, 0.29) is 18.2 Å². The van der Waals surface area contributed by atoms with E-state index in [1.807, 2.05) is 0 Å². The van der Waals surface area contributed by atoms with Gasteiger partial charge in [-0.15, -0.1) is 0 Å². The summed E-state index contributed by atoms with van der Waals surface area (Å²) in [6, 6.07) is -0.567. The van der Waals surface area contributed by atoms with E-state index in [4.69, 9.17) is 5.11 Å². The van der Waals surface area contributed by atoms with Gasteiger partial charge in [0, 0.05) is 12.5 Å². The average Bonchev–Trinajstić information content (AvgIpc) is 2.85. The molecule has 0 aromatic rings. The number of carbonyl (C=O) groups excluding carboxylic acids is 2. The third kappa shape index (κ3) is 1.82. The molecular weight excluding hydrogens is 234 g/mol. The highest BCUT2D eigenvalue weighted by molar-refractivity contribution is 6.06. The second kappa shape index (κ2) is 4.37. The van der Waals surface area contributed by atoms with Gasteiger partial charge in [-0.25, -0.2) is 0 Å². The standard InChI is InChI=1S/C13H19NO4/c1-8(11(16)17)9(2)14-10(15)7-13(12(14)18)5-3-4-6-13/h8-9H,3-7H2,1-2H3,(H,16,17). The van der Waals surface area contributed by atoms with Crippen LogP contribution in [0, 0.1) is 11.3 Å². The van der Waals surface area contributed by atoms with E-state index in [1.165, 1.54) is 11.8 Å². The fourth-order valence-electron chi connectivity index (χ4n) is 3.10. The van der Waals surface area contributed by atoms with Crippen molar-refractivity contribution < 1.29 is 19.5 Å². The monoisotopic (exact) mass is 253 g/mol. The zero-order chi connectivity index (χ0) is 13.5. The molecule has 2 atom stereocenters. The molecule has 1 spiro atoms. The van der Waals surface area contributed by atoms with Crippen molar-refractivity contribution in [1.82, 2.24) is 4.90 Å². The Kier molecular flexibility index (Phi) is 3.17. The van der Waals surface area contributed by atoms with Crippen LogP contribution in [0.2, 0.25) is 0 Å². The first-order valence-corrected chi connectivity index (χ1v) is 6.48. The average molecular weight is 253 g/mol. The van der Waals surface area contributed by atoms with Gasteiger partial charge in [0.2, 0.25) is 11.8 Å². The molecule has 1 aliphatic heterocycles. The van der Waals surface area contributed by atoms with Crippen LogP contribution in [0.3, 0.4) is 0 Å². The van der Waals surface area contributed by atoms with Gasteiger partial charge in [0.1, 0.15) is 0 Å². The van der Waals surface area contributed by atoms with Gasteiger partial charge >= 0.3 is 5.97 Å². The summed E-state index contributed by atoms with van der Waals surface area (Å²) in [5, 5.41) is 8.99. The van der Waals surface area contributed by atoms with Crippen molar-refractivity contribution in [3.63, 3.8) is 0 Å². The molecule has 1 saturated carbocycles. The van der Waals surface area contributed by atoms with Gasteiger partial charge in [0.25, 0.3) is 0 Å². The predicted molar refractivity (Wildman–Crippen MR) is 63.6 cm³/mol. The van der Waals surface area contributed by atoms with Crippen LogP contribution in [0.4, 0.5) is 0 Å². The predicted octanol–water partition coefficient (Wildman–Crippen LogP) is 1.41. The van der Waals surface area contributed by atoms with E-state index in [0.29, 0.717) is 0 Å². The first-order valence-electron chi connectivity index (χ1n) is 6.48. The lowest BCUT2D eigenvalue weighted by atomic mass is 9.84. The van der Waals surface area contributed by atoms with Crippen LogP contribution in [-0.4, -0.2) is 33.8 Å². The molecule has 2 rings (SSSR count). The molecule has 100 valence electrons. The molecule has 1 aliphatic carbocycles. The van der Waals surface area contributed by atoms with Gasteiger partial charge in [-0.3, -0.25) is 19.3 Å². The molecule has 2 amide bonds. The quantitative estimate of drug-likeness (QED) is 0.772. The topological polar surface area (TPSA) is 74.7 Å². The Morgan fingerprint density at radius 3 is 2.33 bits per heavy atom. The van der Waals surface area contributed by atoms with E-state index in [9.17, 15) is 14.4 Å². The molecule has 1 N–H and O–H groups in total. The number of likely N-dealkylation sites (tertiary alicyclic amines) is 1. The van der Waals surface area contributed by atoms with Crippen molar-refractivity contribution in [2.45, 2.75) is 52.0 Å². The Labute approximate surface area is 106 Å². The maximum Gasteiger partial charge on any atom is 0.308 e. The number of carboxylic acid groups (broad SMARTS) is 1. The molecule has 0 bridgehead atoms. The number of rotatable bonds is 3. The van der Waals surface area contributed by atoms with Gasteiger partial charge in [-0.1, -0.05) is 12.8 Å². The second-order valence-electron chi connectivity index (χ2n) is 5.60. The molecule has 5 nitrogen and oxygen atoms in total. The molecule has 2 fully saturated rings. The van der Waals surface area contributed by atoms with Crippen LogP contribution >= 0.6 is 0 Å². The number of imide groups is 1. The number of hydrogen-bond donors (Lipinski definition) is 1. The van der Waals surface area contributed by atoms with Crippen LogP contribution in [0.5, 0.6) is 0 Å². The van der Waals surface area contributed by atoms with E-state index in [2.05, 4.69) is 0 Å². The molecule has 2 unspecified atom stereocenters. The minimum absolute atomic E-state index is 0.148. The van der Waals surface area contributed by atoms with Gasteiger partial charge in [0.15, 0.2) is 0 Å². The Balaban J connectivity index is 2.21. The van der Waals surface area contributed by atoms with Gasteiger partial charge in [-0.05, 0) is 26.7 Å². The summed E-state index contributed by atoms with van der Waals surface area (Å²) in [7, 11) is 0. The summed E-state index contributed by atoms with van der Waals surface area (Å²) in [5.41, 5.74) is -0.510. The zero-order valence-corrected chi connectivity index (χ0v) is 10.8. The first-order chi connectivity index (χ1) is 8.39. The Hall–Kier alpha value is -1.39. The maximum absolute atomic E-state index is 12.4. The minimum Gasteiger partial charge on any atom is -0.481 e. The molecule has 5 heteroatoms. The summed E-state index contributed by atoms with van der Waals surface area (Å²) in [6.07, 6.45) is 3.76. The van der Waals surface area contributed by atoms with Crippen molar-refractivity contribution >= 4 is 17.8 Å². The van der Waals surface area contributed by atoms with E-state index in [1.54, 1.807) is 6.92 Å². The maximum atomic E-state index is 12.4. The highest BCUT2D eigenvalue weighted by Crippen LogP contribution is 2.47. The third-order valence-electron chi connectivity index (χ3n) is 4.51. The Morgan fingerprint density at radius 2 is 1.83 bits per heavy atom. The SMILES string of the molecule is CC(C(=O)O)C(C)N1C(=O)CC2(CCCC2)C1=O. The summed E-state index contributed by atoms with van der Waals surface area (Å²) >= 11 is 0. The van der Waals surface area contributed by atoms with Crippen LogP contribution < -0.4 is 0 Å². The fraction of sp³-hybridized carbons (Fsp3) is 0.769. The Morgan fingerprint density at radius 1 is 1.28 bits per heavy atom. The molecular formula is C13H19NO4. The highest BCUT2D eigenvalue weighted by atomic mass is 16.4. The zero-order valence-electron chi connectivity index (χ0n) is 10.8. The van der Waals surface area contributed by atoms with Crippen molar-refractivity contribution in [2.75, 3.05) is 0 Å². The Bertz CT molecular complexity index is 398. The van der Waals surface area contributed by atoms with Crippen molar-refractivity contribution in [3.8, 4) is 0 Å². The van der Waals surface area contributed by atoms with E-state index < -0.39 is 23.3 Å². The van der Waals surface area contributed by atoms with Crippen LogP contribution in [0.1, 0.15) is 46.0 Å². The number of carbonyl (C=O) groups is 3. The van der Waals surface area contributed by atoms with Crippen LogP contribution in [0.15, 0.2) is 0 Å². The van der Waals surface area contributed by atoms with E-state index >= 15 is 0 Å². The first kappa shape index (κ1) is 13.1. The van der Waals surface area contributed by atoms with Gasteiger partial charge in [-0.2, -0.15) is 0 Å². The minimum atomic E-state index is -0.976. The number of amides is 2. The number of nitrogens with zero attached hydrogens (tertiary/aromatic N) is 1. The number of hydrogen-bond acceptors (Lipinski definition) is 3. The van der Waals surface area contributed by atoms with Crippen molar-refractivity contribution in [2.24, 2.45) is 11.3 Å². The van der Waals surface area contributed by atoms with Crippen molar-refractivity contribution in [1.29, 1.82) is 0 Å². The lowest BCUT2D eigenvalue weighted by Crippen LogP contribution is -2.45. The van der Waals surface area contributed by atoms with Crippen molar-refractivity contribution in [3.05, 3.63) is 0 Å². The molecule has 0 aromatic carbocycles. The van der Waals surface area contributed by atoms with E-state index in [0.717, 1.165) is 25.7 Å². The lowest BCUT2D eigenvalue weighted by molar-refractivity contribution is -0.149. The van der Waals surface area contributed by atoms with Gasteiger partial charge < -0.3 is 5.11 Å². The normalized spacial score (nSPS) is 25.8. The third-order valence-corrected chi connectivity index (χ3v) is 4.51.